The fraction of sp³-hybridized carbons (Fsp3) is 0.696. The number of pyridine rings is 1. The molecule has 32 heavy (non-hydrogen) atoms. The lowest BCUT2D eigenvalue weighted by Gasteiger charge is -2.24. The van der Waals surface area contributed by atoms with Crippen LogP contribution in [0.5, 0.6) is 0 Å². The standard InChI is InChI=1S/C23H38N4O5/c1-15-10-17(25-19(11-15)26-20(28)31-22(2,3)4)12-16-13-27(14-18(16)30-9-8-24)21(29)32-23(5,6)7/h10-11,16,18H,8-9,12-14,24H2,1-7H3,(H,25,26,28)/t16-,18+/m1/s1. The number of hydrogen-bond acceptors (Lipinski definition) is 7. The Morgan fingerprint density at radius 3 is 2.38 bits per heavy atom. The Bertz CT molecular complexity index is 801. The van der Waals surface area contributed by atoms with E-state index in [9.17, 15) is 9.59 Å². The van der Waals surface area contributed by atoms with Crippen molar-refractivity contribution in [1.82, 2.24) is 9.88 Å². The summed E-state index contributed by atoms with van der Waals surface area (Å²) in [6.07, 6.45) is -0.497. The summed E-state index contributed by atoms with van der Waals surface area (Å²) in [6, 6.07) is 3.76. The number of anilines is 1. The molecule has 3 N–H and O–H groups in total. The molecule has 1 aromatic heterocycles. The predicted molar refractivity (Wildman–Crippen MR) is 123 cm³/mol. The highest BCUT2D eigenvalue weighted by Crippen LogP contribution is 2.26. The zero-order valence-electron chi connectivity index (χ0n) is 20.4. The van der Waals surface area contributed by atoms with Crippen LogP contribution in [-0.4, -0.2) is 65.6 Å². The zero-order chi connectivity index (χ0) is 24.1. The van der Waals surface area contributed by atoms with Crippen molar-refractivity contribution in [2.24, 2.45) is 11.7 Å². The molecule has 0 unspecified atom stereocenters. The van der Waals surface area contributed by atoms with Crippen LogP contribution in [0.1, 0.15) is 52.8 Å². The Kier molecular flexibility index (Phi) is 8.47. The van der Waals surface area contributed by atoms with Gasteiger partial charge in [0.25, 0.3) is 0 Å². The van der Waals surface area contributed by atoms with E-state index in [1.807, 2.05) is 33.8 Å². The summed E-state index contributed by atoms with van der Waals surface area (Å²) in [7, 11) is 0. The van der Waals surface area contributed by atoms with Crippen molar-refractivity contribution in [3.8, 4) is 0 Å². The summed E-state index contributed by atoms with van der Waals surface area (Å²) in [6.45, 7) is 14.6. The van der Waals surface area contributed by atoms with E-state index in [0.717, 1.165) is 11.3 Å². The lowest BCUT2D eigenvalue weighted by Crippen LogP contribution is -2.36. The molecule has 2 heterocycles. The van der Waals surface area contributed by atoms with Crippen molar-refractivity contribution in [3.63, 3.8) is 0 Å². The molecule has 2 amide bonds. The van der Waals surface area contributed by atoms with Gasteiger partial charge in [-0.05, 0) is 72.6 Å². The molecule has 1 fully saturated rings. The van der Waals surface area contributed by atoms with Gasteiger partial charge in [-0.2, -0.15) is 0 Å². The third-order valence-corrected chi connectivity index (χ3v) is 4.61. The van der Waals surface area contributed by atoms with Crippen LogP contribution < -0.4 is 11.1 Å². The Morgan fingerprint density at radius 2 is 1.78 bits per heavy atom. The lowest BCUT2D eigenvalue weighted by molar-refractivity contribution is 0.0196. The number of rotatable bonds is 6. The predicted octanol–water partition coefficient (Wildman–Crippen LogP) is 3.49. The summed E-state index contributed by atoms with van der Waals surface area (Å²) in [5.74, 6) is 0.452. The van der Waals surface area contributed by atoms with E-state index < -0.39 is 17.3 Å². The first-order chi connectivity index (χ1) is 14.8. The number of likely N-dealkylation sites (tertiary alicyclic amines) is 1. The fourth-order valence-electron chi connectivity index (χ4n) is 3.51. The molecule has 9 nitrogen and oxygen atoms in total. The van der Waals surface area contributed by atoms with Gasteiger partial charge >= 0.3 is 12.2 Å². The summed E-state index contributed by atoms with van der Waals surface area (Å²) in [4.78, 5) is 31.0. The number of hydrogen-bond donors (Lipinski definition) is 2. The number of nitrogens with two attached hydrogens (primary N) is 1. The second-order valence-electron chi connectivity index (χ2n) is 10.2. The maximum Gasteiger partial charge on any atom is 0.413 e. The topological polar surface area (TPSA) is 116 Å². The second kappa shape index (κ2) is 10.5. The van der Waals surface area contributed by atoms with Crippen LogP contribution in [-0.2, 0) is 20.6 Å². The minimum absolute atomic E-state index is 0.0257. The van der Waals surface area contributed by atoms with Gasteiger partial charge in [0.15, 0.2) is 0 Å². The van der Waals surface area contributed by atoms with Crippen LogP contribution in [0.15, 0.2) is 12.1 Å². The van der Waals surface area contributed by atoms with Gasteiger partial charge in [-0.1, -0.05) is 0 Å². The molecule has 0 aromatic carbocycles. The third kappa shape index (κ3) is 8.63. The summed E-state index contributed by atoms with van der Waals surface area (Å²) >= 11 is 0. The Labute approximate surface area is 191 Å². The summed E-state index contributed by atoms with van der Waals surface area (Å²) < 4.78 is 16.8. The molecule has 0 saturated carbocycles. The number of carbonyl (C=O) groups is 2. The normalized spacial score (nSPS) is 19.1. The minimum atomic E-state index is -0.598. The van der Waals surface area contributed by atoms with Gasteiger partial charge in [-0.15, -0.1) is 0 Å². The minimum Gasteiger partial charge on any atom is -0.444 e. The smallest absolute Gasteiger partial charge is 0.413 e. The molecule has 2 atom stereocenters. The second-order valence-corrected chi connectivity index (χ2v) is 10.2. The molecule has 0 bridgehead atoms. The fourth-order valence-corrected chi connectivity index (χ4v) is 3.51. The number of aryl methyl sites for hydroxylation is 1. The molecular weight excluding hydrogens is 412 g/mol. The lowest BCUT2D eigenvalue weighted by atomic mass is 9.99. The number of carbonyl (C=O) groups excluding carboxylic acids is 2. The first-order valence-corrected chi connectivity index (χ1v) is 11.0. The van der Waals surface area contributed by atoms with E-state index in [4.69, 9.17) is 19.9 Å². The molecule has 180 valence electrons. The Morgan fingerprint density at radius 1 is 1.12 bits per heavy atom. The van der Waals surface area contributed by atoms with Gasteiger partial charge in [0, 0.05) is 24.7 Å². The van der Waals surface area contributed by atoms with Crippen LogP contribution in [0.4, 0.5) is 15.4 Å². The van der Waals surface area contributed by atoms with Crippen LogP contribution in [0.25, 0.3) is 0 Å². The molecule has 1 aliphatic heterocycles. The third-order valence-electron chi connectivity index (χ3n) is 4.61. The van der Waals surface area contributed by atoms with Gasteiger partial charge in [0.2, 0.25) is 0 Å². The van der Waals surface area contributed by atoms with Crippen molar-refractivity contribution in [2.45, 2.75) is 72.2 Å². The highest BCUT2D eigenvalue weighted by atomic mass is 16.6. The number of nitrogens with one attached hydrogen (secondary N) is 1. The van der Waals surface area contributed by atoms with Gasteiger partial charge < -0.3 is 24.8 Å². The average Bonchev–Trinajstić information content (AvgIpc) is 2.99. The average molecular weight is 451 g/mol. The van der Waals surface area contributed by atoms with Crippen LogP contribution >= 0.6 is 0 Å². The van der Waals surface area contributed by atoms with Crippen LogP contribution in [0.2, 0.25) is 0 Å². The van der Waals surface area contributed by atoms with Crippen molar-refractivity contribution >= 4 is 18.0 Å². The van der Waals surface area contributed by atoms with E-state index in [0.29, 0.717) is 38.5 Å². The first-order valence-electron chi connectivity index (χ1n) is 11.0. The maximum absolute atomic E-state index is 12.6. The van der Waals surface area contributed by atoms with Crippen molar-refractivity contribution in [3.05, 3.63) is 23.4 Å². The number of ether oxygens (including phenoxy) is 3. The van der Waals surface area contributed by atoms with E-state index in [-0.39, 0.29) is 18.1 Å². The highest BCUT2D eigenvalue weighted by molar-refractivity contribution is 5.83. The van der Waals surface area contributed by atoms with Crippen LogP contribution in [0.3, 0.4) is 0 Å². The summed E-state index contributed by atoms with van der Waals surface area (Å²) in [5.41, 5.74) is 6.21. The SMILES string of the molecule is Cc1cc(C[C@@H]2CN(C(=O)OC(C)(C)C)C[C@@H]2OCCN)nc(NC(=O)OC(C)(C)C)c1. The van der Waals surface area contributed by atoms with Gasteiger partial charge in [-0.3, -0.25) is 5.32 Å². The molecule has 1 aromatic rings. The Hall–Kier alpha value is -2.39. The molecule has 1 saturated heterocycles. The number of aromatic nitrogens is 1. The van der Waals surface area contributed by atoms with Crippen molar-refractivity contribution in [2.75, 3.05) is 31.6 Å². The molecule has 0 spiro atoms. The van der Waals surface area contributed by atoms with E-state index in [1.165, 1.54) is 0 Å². The first kappa shape index (κ1) is 25.9. The van der Waals surface area contributed by atoms with Gasteiger partial charge in [0.05, 0.1) is 19.3 Å². The molecule has 2 rings (SSSR count). The van der Waals surface area contributed by atoms with Crippen molar-refractivity contribution in [1.29, 1.82) is 0 Å². The maximum atomic E-state index is 12.6. The van der Waals surface area contributed by atoms with Gasteiger partial charge in [0.1, 0.15) is 17.0 Å². The van der Waals surface area contributed by atoms with E-state index in [2.05, 4.69) is 10.3 Å². The van der Waals surface area contributed by atoms with E-state index >= 15 is 0 Å². The molecular formula is C23H38N4O5. The number of amides is 2. The largest absolute Gasteiger partial charge is 0.444 e. The molecule has 9 heteroatoms. The van der Waals surface area contributed by atoms with Crippen LogP contribution in [0, 0.1) is 12.8 Å². The van der Waals surface area contributed by atoms with Gasteiger partial charge in [-0.25, -0.2) is 14.6 Å². The monoisotopic (exact) mass is 450 g/mol. The quantitative estimate of drug-likeness (QED) is 0.681. The van der Waals surface area contributed by atoms with Crippen molar-refractivity contribution < 1.29 is 23.8 Å². The summed E-state index contributed by atoms with van der Waals surface area (Å²) in [5, 5.41) is 2.70. The molecule has 0 radical (unpaired) electrons. The molecule has 1 aliphatic rings. The Balaban J connectivity index is 2.12. The molecule has 0 aliphatic carbocycles. The number of nitrogens with zero attached hydrogens (tertiary/aromatic N) is 2. The van der Waals surface area contributed by atoms with E-state index in [1.54, 1.807) is 31.7 Å². The zero-order valence-corrected chi connectivity index (χ0v) is 20.4. The highest BCUT2D eigenvalue weighted by Gasteiger charge is 2.38.